The number of fused-ring (bicyclic) bond motifs is 1. The molecule has 5 heteroatoms. The van der Waals surface area contributed by atoms with Crippen LogP contribution in [0, 0.1) is 5.82 Å². The van der Waals surface area contributed by atoms with E-state index in [0.29, 0.717) is 17.5 Å². The maximum atomic E-state index is 13.2. The molecule has 0 atom stereocenters. The Morgan fingerprint density at radius 2 is 1.86 bits per heavy atom. The largest absolute Gasteiger partial charge is 0.438 e. The summed E-state index contributed by atoms with van der Waals surface area (Å²) in [5, 5.41) is 1.83. The average Bonchev–Trinajstić information content (AvgIpc) is 2.51. The molecular weight excluding hydrogens is 312 g/mol. The fraction of sp³-hybridized carbons (Fsp3) is 0.0625. The molecule has 0 saturated heterocycles. The maximum absolute atomic E-state index is 13.2. The number of benzene rings is 2. The van der Waals surface area contributed by atoms with Gasteiger partial charge in [0.05, 0.1) is 5.02 Å². The number of halogens is 3. The monoisotopic (exact) mass is 321 g/mol. The van der Waals surface area contributed by atoms with Gasteiger partial charge < -0.3 is 4.74 Å². The van der Waals surface area contributed by atoms with Gasteiger partial charge in [0.2, 0.25) is 5.88 Å². The Hall–Kier alpha value is -1.84. The lowest BCUT2D eigenvalue weighted by Gasteiger charge is -2.10. The Morgan fingerprint density at radius 3 is 2.57 bits per heavy atom. The van der Waals surface area contributed by atoms with E-state index in [0.717, 1.165) is 16.3 Å². The summed E-state index contributed by atoms with van der Waals surface area (Å²) in [6, 6.07) is 11.9. The quantitative estimate of drug-likeness (QED) is 0.589. The summed E-state index contributed by atoms with van der Waals surface area (Å²) in [6.45, 7) is 0. The molecule has 21 heavy (non-hydrogen) atoms. The summed E-state index contributed by atoms with van der Waals surface area (Å²) in [5.74, 6) is 0.745. The number of hydrogen-bond donors (Lipinski definition) is 0. The molecule has 2 nitrogen and oxygen atoms in total. The van der Waals surface area contributed by atoms with E-state index < -0.39 is 5.82 Å². The first-order valence-electron chi connectivity index (χ1n) is 6.24. The molecule has 0 radical (unpaired) electrons. The first-order valence-corrected chi connectivity index (χ1v) is 7.16. The predicted molar refractivity (Wildman–Crippen MR) is 82.8 cm³/mol. The third-order valence-electron chi connectivity index (χ3n) is 3.09. The van der Waals surface area contributed by atoms with Crippen molar-refractivity contribution in [2.45, 2.75) is 5.88 Å². The maximum Gasteiger partial charge on any atom is 0.227 e. The number of rotatable bonds is 3. The third kappa shape index (κ3) is 2.80. The Labute approximate surface area is 131 Å². The second-order valence-electron chi connectivity index (χ2n) is 4.45. The summed E-state index contributed by atoms with van der Waals surface area (Å²) in [4.78, 5) is 4.28. The van der Waals surface area contributed by atoms with Gasteiger partial charge in [0.1, 0.15) is 11.6 Å². The van der Waals surface area contributed by atoms with E-state index in [4.69, 9.17) is 27.9 Å². The second kappa shape index (κ2) is 5.88. The zero-order valence-electron chi connectivity index (χ0n) is 10.8. The van der Waals surface area contributed by atoms with Gasteiger partial charge in [0.25, 0.3) is 0 Å². The van der Waals surface area contributed by atoms with Gasteiger partial charge in [-0.15, -0.1) is 11.6 Å². The molecule has 0 bridgehead atoms. The lowest BCUT2D eigenvalue weighted by molar-refractivity contribution is 0.467. The van der Waals surface area contributed by atoms with Crippen molar-refractivity contribution in [3.8, 4) is 11.6 Å². The van der Waals surface area contributed by atoms with Gasteiger partial charge in [-0.2, -0.15) is 0 Å². The Balaban J connectivity index is 2.06. The van der Waals surface area contributed by atoms with Crippen LogP contribution in [0.15, 0.2) is 48.7 Å². The molecule has 0 unspecified atom stereocenters. The van der Waals surface area contributed by atoms with Crippen molar-refractivity contribution >= 4 is 34.0 Å². The van der Waals surface area contributed by atoms with Gasteiger partial charge in [0, 0.05) is 23.5 Å². The minimum atomic E-state index is -0.487. The van der Waals surface area contributed by atoms with E-state index in [-0.39, 0.29) is 5.02 Å². The highest BCUT2D eigenvalue weighted by molar-refractivity contribution is 6.30. The van der Waals surface area contributed by atoms with Crippen LogP contribution >= 0.6 is 23.2 Å². The van der Waals surface area contributed by atoms with Gasteiger partial charge in [-0.25, -0.2) is 9.37 Å². The lowest BCUT2D eigenvalue weighted by Crippen LogP contribution is -1.93. The van der Waals surface area contributed by atoms with Crippen LogP contribution in [0.3, 0.4) is 0 Å². The van der Waals surface area contributed by atoms with E-state index in [9.17, 15) is 4.39 Å². The SMILES string of the molecule is Fc1ccc(Oc2ncc(CCl)c3ccccc23)cc1Cl. The highest BCUT2D eigenvalue weighted by Gasteiger charge is 2.09. The zero-order chi connectivity index (χ0) is 14.8. The van der Waals surface area contributed by atoms with Crippen molar-refractivity contribution in [1.29, 1.82) is 0 Å². The molecule has 0 N–H and O–H groups in total. The molecule has 106 valence electrons. The van der Waals surface area contributed by atoms with Crippen molar-refractivity contribution in [2.75, 3.05) is 0 Å². The zero-order valence-corrected chi connectivity index (χ0v) is 12.3. The average molecular weight is 322 g/mol. The van der Waals surface area contributed by atoms with Crippen molar-refractivity contribution in [3.63, 3.8) is 0 Å². The molecule has 1 heterocycles. The molecule has 2 aromatic carbocycles. The standard InChI is InChI=1S/C16H10Cl2FNO/c17-8-10-9-20-16(13-4-2-1-3-12(10)13)21-11-5-6-15(19)14(18)7-11/h1-7,9H,8H2. The number of aromatic nitrogens is 1. The van der Waals surface area contributed by atoms with Gasteiger partial charge >= 0.3 is 0 Å². The Kier molecular flexibility index (Phi) is 3.95. The predicted octanol–water partition coefficient (Wildman–Crippen LogP) is 5.56. The molecule has 0 aliphatic rings. The molecule has 3 rings (SSSR count). The molecule has 3 aromatic rings. The Morgan fingerprint density at radius 1 is 1.10 bits per heavy atom. The van der Waals surface area contributed by atoms with E-state index in [1.807, 2.05) is 24.3 Å². The highest BCUT2D eigenvalue weighted by Crippen LogP contribution is 2.31. The normalized spacial score (nSPS) is 10.8. The number of hydrogen-bond acceptors (Lipinski definition) is 2. The molecule has 0 saturated carbocycles. The topological polar surface area (TPSA) is 22.1 Å². The van der Waals surface area contributed by atoms with Crippen LogP contribution in [0.2, 0.25) is 5.02 Å². The van der Waals surface area contributed by atoms with Crippen molar-refractivity contribution in [2.24, 2.45) is 0 Å². The first-order chi connectivity index (χ1) is 10.2. The molecule has 0 aliphatic carbocycles. The summed E-state index contributed by atoms with van der Waals surface area (Å²) in [7, 11) is 0. The van der Waals surface area contributed by atoms with Gasteiger partial charge in [-0.3, -0.25) is 0 Å². The van der Waals surface area contributed by atoms with Crippen LogP contribution in [0.4, 0.5) is 4.39 Å². The number of nitrogens with zero attached hydrogens (tertiary/aromatic N) is 1. The minimum absolute atomic E-state index is 0.00850. The Bertz CT molecular complexity index is 807. The smallest absolute Gasteiger partial charge is 0.227 e. The number of pyridine rings is 1. The van der Waals surface area contributed by atoms with Crippen molar-refractivity contribution in [1.82, 2.24) is 4.98 Å². The van der Waals surface area contributed by atoms with Crippen LogP contribution in [0.1, 0.15) is 5.56 Å². The molecule has 1 aromatic heterocycles. The fourth-order valence-electron chi connectivity index (χ4n) is 2.07. The summed E-state index contributed by atoms with van der Waals surface area (Å²) in [5.41, 5.74) is 0.928. The number of alkyl halides is 1. The van der Waals surface area contributed by atoms with Crippen LogP contribution in [0.5, 0.6) is 11.6 Å². The van der Waals surface area contributed by atoms with Crippen LogP contribution in [-0.2, 0) is 5.88 Å². The first kappa shape index (κ1) is 14.1. The van der Waals surface area contributed by atoms with Crippen LogP contribution in [-0.4, -0.2) is 4.98 Å². The molecular formula is C16H10Cl2FNO. The minimum Gasteiger partial charge on any atom is -0.438 e. The van der Waals surface area contributed by atoms with Crippen LogP contribution < -0.4 is 4.74 Å². The van der Waals surface area contributed by atoms with Gasteiger partial charge in [-0.05, 0) is 29.1 Å². The molecule has 0 amide bonds. The van der Waals surface area contributed by atoms with E-state index >= 15 is 0 Å². The van der Waals surface area contributed by atoms with Gasteiger partial charge in [-0.1, -0.05) is 29.8 Å². The summed E-state index contributed by atoms with van der Waals surface area (Å²) in [6.07, 6.45) is 1.68. The van der Waals surface area contributed by atoms with Crippen molar-refractivity contribution < 1.29 is 9.13 Å². The van der Waals surface area contributed by atoms with E-state index in [1.165, 1.54) is 18.2 Å². The third-order valence-corrected chi connectivity index (χ3v) is 3.67. The van der Waals surface area contributed by atoms with E-state index in [1.54, 1.807) is 6.20 Å². The van der Waals surface area contributed by atoms with E-state index in [2.05, 4.69) is 4.98 Å². The van der Waals surface area contributed by atoms with Gasteiger partial charge in [0.15, 0.2) is 0 Å². The van der Waals surface area contributed by atoms with Crippen molar-refractivity contribution in [3.05, 3.63) is 65.1 Å². The second-order valence-corrected chi connectivity index (χ2v) is 5.12. The highest BCUT2D eigenvalue weighted by atomic mass is 35.5. The molecule has 0 aliphatic heterocycles. The molecule has 0 fully saturated rings. The fourth-order valence-corrected chi connectivity index (χ4v) is 2.45. The summed E-state index contributed by atoms with van der Waals surface area (Å²) < 4.78 is 18.9. The lowest BCUT2D eigenvalue weighted by atomic mass is 10.1. The summed E-state index contributed by atoms with van der Waals surface area (Å²) >= 11 is 11.7. The molecule has 0 spiro atoms. The number of ether oxygens (including phenoxy) is 1. The van der Waals surface area contributed by atoms with Crippen LogP contribution in [0.25, 0.3) is 10.8 Å².